The topological polar surface area (TPSA) is 30.2 Å². The molecule has 2 heteroatoms. The number of benzene rings is 1. The van der Waals surface area contributed by atoms with Crippen LogP contribution < -0.4 is 10.8 Å². The average molecular weight is 276 g/mol. The normalized spacial score (nSPS) is 14.8. The van der Waals surface area contributed by atoms with Crippen LogP contribution in [0.4, 0.5) is 0 Å². The van der Waals surface area contributed by atoms with Crippen LogP contribution in [0.25, 0.3) is 24.3 Å². The molecule has 1 aromatic heterocycles. The predicted octanol–water partition coefficient (Wildman–Crippen LogP) is 3.15. The molecule has 1 aromatic carbocycles. The first-order chi connectivity index (χ1) is 10.1. The third kappa shape index (κ3) is 2.40. The van der Waals surface area contributed by atoms with E-state index in [9.17, 15) is 4.79 Å². The Morgan fingerprint density at radius 2 is 1.81 bits per heavy atom. The van der Waals surface area contributed by atoms with Crippen molar-refractivity contribution in [3.8, 4) is 0 Å². The minimum absolute atomic E-state index is 0.662. The number of aldehydes is 1. The first kappa shape index (κ1) is 13.4. The summed E-state index contributed by atoms with van der Waals surface area (Å²) >= 11 is 0. The lowest BCUT2D eigenvalue weighted by molar-refractivity contribution is 0.112. The van der Waals surface area contributed by atoms with Crippen molar-refractivity contribution in [2.24, 2.45) is 0 Å². The van der Waals surface area contributed by atoms with Crippen molar-refractivity contribution < 1.29 is 9.21 Å². The van der Waals surface area contributed by atoms with E-state index in [0.717, 1.165) is 40.4 Å². The van der Waals surface area contributed by atoms with Gasteiger partial charge in [-0.25, -0.2) is 0 Å². The summed E-state index contributed by atoms with van der Waals surface area (Å²) in [5.74, 6) is 0. The van der Waals surface area contributed by atoms with Crippen molar-refractivity contribution in [1.29, 1.82) is 0 Å². The first-order valence-electron chi connectivity index (χ1n) is 6.82. The van der Waals surface area contributed by atoms with Gasteiger partial charge in [0.15, 0.2) is 0 Å². The lowest BCUT2D eigenvalue weighted by atomic mass is 9.91. The number of allylic oxidation sites excluding steroid dienone is 2. The van der Waals surface area contributed by atoms with Crippen LogP contribution >= 0.6 is 0 Å². The van der Waals surface area contributed by atoms with Gasteiger partial charge in [0, 0.05) is 16.7 Å². The van der Waals surface area contributed by atoms with Crippen molar-refractivity contribution in [1.82, 2.24) is 0 Å². The first-order valence-corrected chi connectivity index (χ1v) is 6.82. The Morgan fingerprint density at radius 3 is 2.48 bits per heavy atom. The van der Waals surface area contributed by atoms with E-state index in [-0.39, 0.29) is 0 Å². The number of rotatable bonds is 2. The maximum absolute atomic E-state index is 10.7. The largest absolute Gasteiger partial charge is 0.457 e. The van der Waals surface area contributed by atoms with Crippen molar-refractivity contribution in [3.05, 3.63) is 69.5 Å². The average Bonchev–Trinajstić information content (AvgIpc) is 2.76. The molecule has 0 fully saturated rings. The summed E-state index contributed by atoms with van der Waals surface area (Å²) in [6.07, 6.45) is 5.80. The van der Waals surface area contributed by atoms with Crippen LogP contribution in [0.15, 0.2) is 40.8 Å². The molecule has 1 aliphatic rings. The SMILES string of the molecule is C=C1CC(C)=Cc2c1c(=C)o/c2=C\c1ccc(C=O)cc1. The Labute approximate surface area is 123 Å². The molecule has 0 radical (unpaired) electrons. The highest BCUT2D eigenvalue weighted by atomic mass is 16.3. The van der Waals surface area contributed by atoms with Crippen LogP contribution in [0.1, 0.15) is 40.4 Å². The van der Waals surface area contributed by atoms with Gasteiger partial charge >= 0.3 is 0 Å². The van der Waals surface area contributed by atoms with Crippen LogP contribution in [-0.4, -0.2) is 6.29 Å². The molecule has 0 aliphatic heterocycles. The minimum atomic E-state index is 0.662. The van der Waals surface area contributed by atoms with Crippen molar-refractivity contribution in [2.45, 2.75) is 13.3 Å². The Bertz CT molecular complexity index is 862. The smallest absolute Gasteiger partial charge is 0.150 e. The fourth-order valence-electron chi connectivity index (χ4n) is 2.69. The maximum atomic E-state index is 10.7. The molecule has 21 heavy (non-hydrogen) atoms. The maximum Gasteiger partial charge on any atom is 0.150 e. The van der Waals surface area contributed by atoms with Gasteiger partial charge in [-0.3, -0.25) is 4.79 Å². The van der Waals surface area contributed by atoms with Gasteiger partial charge in [0.2, 0.25) is 0 Å². The zero-order valence-corrected chi connectivity index (χ0v) is 12.0. The van der Waals surface area contributed by atoms with Crippen LogP contribution in [0.5, 0.6) is 0 Å². The quantitative estimate of drug-likeness (QED) is 0.789. The van der Waals surface area contributed by atoms with Crippen molar-refractivity contribution in [2.75, 3.05) is 0 Å². The summed E-state index contributed by atoms with van der Waals surface area (Å²) in [5, 5.41) is 0. The number of carbonyl (C=O) groups excluding carboxylic acids is 1. The van der Waals surface area contributed by atoms with Crippen LogP contribution in [0.2, 0.25) is 0 Å². The van der Waals surface area contributed by atoms with Crippen LogP contribution in [0, 0.1) is 0 Å². The lowest BCUT2D eigenvalue weighted by Crippen LogP contribution is -2.06. The molecule has 0 spiro atoms. The highest BCUT2D eigenvalue weighted by molar-refractivity contribution is 5.80. The van der Waals surface area contributed by atoms with Crippen molar-refractivity contribution >= 4 is 30.6 Å². The zero-order valence-electron chi connectivity index (χ0n) is 12.0. The van der Waals surface area contributed by atoms with Gasteiger partial charge in [-0.05, 0) is 30.6 Å². The molecule has 0 unspecified atom stereocenters. The third-order valence-electron chi connectivity index (χ3n) is 3.65. The van der Waals surface area contributed by atoms with Gasteiger partial charge in [0.1, 0.15) is 17.1 Å². The molecule has 2 nitrogen and oxygen atoms in total. The van der Waals surface area contributed by atoms with E-state index in [1.54, 1.807) is 12.1 Å². The molecule has 0 bridgehead atoms. The second-order valence-corrected chi connectivity index (χ2v) is 5.38. The van der Waals surface area contributed by atoms with E-state index in [1.165, 1.54) is 5.57 Å². The zero-order chi connectivity index (χ0) is 15.0. The van der Waals surface area contributed by atoms with Gasteiger partial charge in [0.25, 0.3) is 0 Å². The van der Waals surface area contributed by atoms with Gasteiger partial charge in [-0.2, -0.15) is 0 Å². The summed E-state index contributed by atoms with van der Waals surface area (Å²) < 4.78 is 5.81. The summed E-state index contributed by atoms with van der Waals surface area (Å²) in [6.45, 7) is 10.2. The van der Waals surface area contributed by atoms with Crippen molar-refractivity contribution in [3.63, 3.8) is 0 Å². The summed E-state index contributed by atoms with van der Waals surface area (Å²) in [6, 6.07) is 7.38. The number of fused-ring (bicyclic) bond motifs is 1. The number of hydrogen-bond acceptors (Lipinski definition) is 2. The molecule has 0 N–H and O–H groups in total. The molecule has 0 saturated heterocycles. The van der Waals surface area contributed by atoms with Gasteiger partial charge < -0.3 is 4.42 Å². The number of carbonyl (C=O) groups is 1. The minimum Gasteiger partial charge on any atom is -0.457 e. The highest BCUT2D eigenvalue weighted by Crippen LogP contribution is 2.27. The van der Waals surface area contributed by atoms with E-state index < -0.39 is 0 Å². The Balaban J connectivity index is 2.18. The fraction of sp³-hybridized carbons (Fsp3) is 0.105. The lowest BCUT2D eigenvalue weighted by Gasteiger charge is -2.11. The molecular formula is C19H16O2. The molecule has 104 valence electrons. The van der Waals surface area contributed by atoms with E-state index in [1.807, 2.05) is 18.2 Å². The van der Waals surface area contributed by atoms with Crippen LogP contribution in [0.3, 0.4) is 0 Å². The molecule has 0 atom stereocenters. The highest BCUT2D eigenvalue weighted by Gasteiger charge is 2.17. The van der Waals surface area contributed by atoms with Crippen LogP contribution in [-0.2, 0) is 0 Å². The fourth-order valence-corrected chi connectivity index (χ4v) is 2.69. The second kappa shape index (κ2) is 5.06. The monoisotopic (exact) mass is 276 g/mol. The molecule has 0 saturated carbocycles. The van der Waals surface area contributed by atoms with E-state index in [2.05, 4.69) is 26.2 Å². The van der Waals surface area contributed by atoms with Gasteiger partial charge in [-0.1, -0.05) is 49.1 Å². The molecular weight excluding hydrogens is 260 g/mol. The molecule has 1 aliphatic carbocycles. The molecule has 0 amide bonds. The molecule has 2 aromatic rings. The van der Waals surface area contributed by atoms with Gasteiger partial charge in [-0.15, -0.1) is 0 Å². The predicted molar refractivity (Wildman–Crippen MR) is 86.2 cm³/mol. The Hall–Kier alpha value is -2.61. The van der Waals surface area contributed by atoms with Gasteiger partial charge in [0.05, 0.1) is 0 Å². The number of furan rings is 1. The Kier molecular flexibility index (Phi) is 3.22. The summed E-state index contributed by atoms with van der Waals surface area (Å²) in [4.78, 5) is 10.7. The third-order valence-corrected chi connectivity index (χ3v) is 3.65. The standard InChI is InChI=1S/C19H16O2/c1-12-8-13(2)19-14(3)21-18(17(19)9-12)10-15-4-6-16(11-20)7-5-15/h4-7,9-11H,2-3,8H2,1H3/b18-10-. The molecule has 1 heterocycles. The molecule has 3 rings (SSSR count). The van der Waals surface area contributed by atoms with E-state index in [4.69, 9.17) is 4.42 Å². The summed E-state index contributed by atoms with van der Waals surface area (Å²) in [5.41, 5.74) is 7.48. The van der Waals surface area contributed by atoms with E-state index >= 15 is 0 Å². The van der Waals surface area contributed by atoms with E-state index in [0.29, 0.717) is 11.0 Å². The Morgan fingerprint density at radius 1 is 1.14 bits per heavy atom. The number of hydrogen-bond donors (Lipinski definition) is 0. The second-order valence-electron chi connectivity index (χ2n) is 5.38. The summed E-state index contributed by atoms with van der Waals surface area (Å²) in [7, 11) is 0.